The second-order valence-corrected chi connectivity index (χ2v) is 4.67. The molecule has 88 valence electrons. The SMILES string of the molecule is FC1(F)CCCC[C@@H]1CN[C@@H]1CCOC1. The van der Waals surface area contributed by atoms with Crippen LogP contribution in [0.1, 0.15) is 32.1 Å². The predicted octanol–water partition coefficient (Wildman–Crippen LogP) is 2.19. The molecule has 0 unspecified atom stereocenters. The van der Waals surface area contributed by atoms with Crippen LogP contribution in [0.2, 0.25) is 0 Å². The Hall–Kier alpha value is -0.220. The van der Waals surface area contributed by atoms with Gasteiger partial charge in [-0.05, 0) is 19.3 Å². The zero-order valence-corrected chi connectivity index (χ0v) is 8.98. The van der Waals surface area contributed by atoms with Crippen molar-refractivity contribution in [3.8, 4) is 0 Å². The predicted molar refractivity (Wildman–Crippen MR) is 54.1 cm³/mol. The highest BCUT2D eigenvalue weighted by molar-refractivity contribution is 4.84. The van der Waals surface area contributed by atoms with Gasteiger partial charge in [0.2, 0.25) is 0 Å². The summed E-state index contributed by atoms with van der Waals surface area (Å²) in [6.07, 6.45) is 3.31. The Morgan fingerprint density at radius 1 is 1.27 bits per heavy atom. The number of hydrogen-bond acceptors (Lipinski definition) is 2. The standard InChI is InChI=1S/C11H19F2NO/c12-11(13)5-2-1-3-9(11)7-14-10-4-6-15-8-10/h9-10,14H,1-8H2/t9-,10-/m1/s1. The van der Waals surface area contributed by atoms with E-state index in [4.69, 9.17) is 4.74 Å². The van der Waals surface area contributed by atoms with Gasteiger partial charge in [-0.25, -0.2) is 8.78 Å². The number of hydrogen-bond donors (Lipinski definition) is 1. The lowest BCUT2D eigenvalue weighted by Gasteiger charge is -2.32. The van der Waals surface area contributed by atoms with Crippen LogP contribution in [0.5, 0.6) is 0 Å². The van der Waals surface area contributed by atoms with E-state index in [0.717, 1.165) is 19.4 Å². The Bertz CT molecular complexity index is 205. The molecular weight excluding hydrogens is 200 g/mol. The largest absolute Gasteiger partial charge is 0.380 e. The maximum absolute atomic E-state index is 13.5. The van der Waals surface area contributed by atoms with Crippen LogP contribution in [0.25, 0.3) is 0 Å². The quantitative estimate of drug-likeness (QED) is 0.785. The smallest absolute Gasteiger partial charge is 0.252 e. The molecule has 0 spiro atoms. The van der Waals surface area contributed by atoms with Gasteiger partial charge in [0.05, 0.1) is 6.61 Å². The first-order valence-electron chi connectivity index (χ1n) is 5.87. The lowest BCUT2D eigenvalue weighted by Crippen LogP contribution is -2.42. The van der Waals surface area contributed by atoms with Gasteiger partial charge in [0.1, 0.15) is 0 Å². The molecule has 1 saturated heterocycles. The molecule has 2 rings (SSSR count). The van der Waals surface area contributed by atoms with E-state index in [0.29, 0.717) is 32.0 Å². The van der Waals surface area contributed by atoms with E-state index in [1.54, 1.807) is 0 Å². The summed E-state index contributed by atoms with van der Waals surface area (Å²) in [6.45, 7) is 1.89. The van der Waals surface area contributed by atoms with Crippen LogP contribution in [0, 0.1) is 5.92 Å². The first-order valence-corrected chi connectivity index (χ1v) is 5.87. The molecule has 0 aromatic carbocycles. The van der Waals surface area contributed by atoms with Crippen LogP contribution < -0.4 is 5.32 Å². The van der Waals surface area contributed by atoms with Crippen LogP contribution in [0.15, 0.2) is 0 Å². The summed E-state index contributed by atoms with van der Waals surface area (Å²) in [6, 6.07) is 0.294. The molecule has 1 aliphatic carbocycles. The van der Waals surface area contributed by atoms with Crippen molar-refractivity contribution in [2.24, 2.45) is 5.92 Å². The summed E-state index contributed by atoms with van der Waals surface area (Å²) in [4.78, 5) is 0. The van der Waals surface area contributed by atoms with Gasteiger partial charge >= 0.3 is 0 Å². The first-order chi connectivity index (χ1) is 7.18. The van der Waals surface area contributed by atoms with Gasteiger partial charge in [-0.15, -0.1) is 0 Å². The molecule has 0 aromatic rings. The molecule has 2 nitrogen and oxygen atoms in total. The molecule has 4 heteroatoms. The van der Waals surface area contributed by atoms with Crippen LogP contribution in [-0.4, -0.2) is 31.7 Å². The number of alkyl halides is 2. The van der Waals surface area contributed by atoms with E-state index in [9.17, 15) is 8.78 Å². The molecule has 2 aliphatic rings. The normalized spacial score (nSPS) is 35.6. The van der Waals surface area contributed by atoms with E-state index in [1.807, 2.05) is 0 Å². The van der Waals surface area contributed by atoms with Gasteiger partial charge in [0.15, 0.2) is 0 Å². The van der Waals surface area contributed by atoms with Gasteiger partial charge in [0, 0.05) is 31.5 Å². The third-order valence-electron chi connectivity index (χ3n) is 3.49. The lowest BCUT2D eigenvalue weighted by molar-refractivity contribution is -0.0849. The molecule has 0 radical (unpaired) electrons. The van der Waals surface area contributed by atoms with Crippen molar-refractivity contribution >= 4 is 0 Å². The van der Waals surface area contributed by atoms with Crippen LogP contribution >= 0.6 is 0 Å². The number of ether oxygens (including phenoxy) is 1. The van der Waals surface area contributed by atoms with Gasteiger partial charge in [0.25, 0.3) is 5.92 Å². The number of halogens is 2. The van der Waals surface area contributed by atoms with E-state index >= 15 is 0 Å². The summed E-state index contributed by atoms with van der Waals surface area (Å²) < 4.78 is 32.1. The minimum atomic E-state index is -2.45. The average Bonchev–Trinajstić information content (AvgIpc) is 2.68. The minimum absolute atomic E-state index is 0.0700. The second-order valence-electron chi connectivity index (χ2n) is 4.67. The molecular formula is C11H19F2NO. The maximum Gasteiger partial charge on any atom is 0.252 e. The Labute approximate surface area is 89.4 Å². The maximum atomic E-state index is 13.5. The third kappa shape index (κ3) is 2.88. The van der Waals surface area contributed by atoms with Gasteiger partial charge in [-0.1, -0.05) is 6.42 Å². The van der Waals surface area contributed by atoms with E-state index in [-0.39, 0.29) is 6.42 Å². The fourth-order valence-corrected chi connectivity index (χ4v) is 2.42. The Morgan fingerprint density at radius 3 is 2.80 bits per heavy atom. The molecule has 1 aliphatic heterocycles. The number of nitrogens with one attached hydrogen (secondary N) is 1. The second kappa shape index (κ2) is 4.74. The molecule has 0 aromatic heterocycles. The summed E-state index contributed by atoms with van der Waals surface area (Å²) in [5.74, 6) is -2.92. The Kier molecular flexibility index (Phi) is 3.57. The van der Waals surface area contributed by atoms with E-state index < -0.39 is 11.8 Å². The van der Waals surface area contributed by atoms with Gasteiger partial charge < -0.3 is 10.1 Å². The summed E-state index contributed by atoms with van der Waals surface area (Å²) in [5, 5.41) is 3.20. The topological polar surface area (TPSA) is 21.3 Å². The van der Waals surface area contributed by atoms with Crippen molar-refractivity contribution in [1.82, 2.24) is 5.32 Å². The van der Waals surface area contributed by atoms with Gasteiger partial charge in [-0.3, -0.25) is 0 Å². The summed E-state index contributed by atoms with van der Waals surface area (Å²) in [5.41, 5.74) is 0. The van der Waals surface area contributed by atoms with Crippen LogP contribution in [0.3, 0.4) is 0 Å². The molecule has 1 heterocycles. The summed E-state index contributed by atoms with van der Waals surface area (Å²) >= 11 is 0. The zero-order chi connectivity index (χ0) is 10.7. The molecule has 15 heavy (non-hydrogen) atoms. The van der Waals surface area contributed by atoms with Crippen LogP contribution in [0.4, 0.5) is 8.78 Å². The minimum Gasteiger partial charge on any atom is -0.380 e. The fraction of sp³-hybridized carbons (Fsp3) is 1.00. The molecule has 0 amide bonds. The van der Waals surface area contributed by atoms with Crippen molar-refractivity contribution in [3.63, 3.8) is 0 Å². The number of rotatable bonds is 3. The van der Waals surface area contributed by atoms with Crippen molar-refractivity contribution in [2.75, 3.05) is 19.8 Å². The molecule has 1 N–H and O–H groups in total. The van der Waals surface area contributed by atoms with Crippen molar-refractivity contribution < 1.29 is 13.5 Å². The van der Waals surface area contributed by atoms with Gasteiger partial charge in [-0.2, -0.15) is 0 Å². The van der Waals surface area contributed by atoms with Crippen molar-refractivity contribution in [3.05, 3.63) is 0 Å². The van der Waals surface area contributed by atoms with E-state index in [2.05, 4.69) is 5.32 Å². The van der Waals surface area contributed by atoms with Crippen molar-refractivity contribution in [1.29, 1.82) is 0 Å². The monoisotopic (exact) mass is 219 g/mol. The lowest BCUT2D eigenvalue weighted by atomic mass is 9.85. The van der Waals surface area contributed by atoms with Crippen molar-refractivity contribution in [2.45, 2.75) is 44.1 Å². The summed E-state index contributed by atoms with van der Waals surface area (Å²) in [7, 11) is 0. The molecule has 2 atom stereocenters. The highest BCUT2D eigenvalue weighted by atomic mass is 19.3. The first kappa shape index (κ1) is 11.3. The fourth-order valence-electron chi connectivity index (χ4n) is 2.42. The van der Waals surface area contributed by atoms with E-state index in [1.165, 1.54) is 0 Å². The zero-order valence-electron chi connectivity index (χ0n) is 8.98. The molecule has 1 saturated carbocycles. The molecule has 0 bridgehead atoms. The Balaban J connectivity index is 1.76. The average molecular weight is 219 g/mol. The molecule has 2 fully saturated rings. The highest BCUT2D eigenvalue weighted by Crippen LogP contribution is 2.37. The third-order valence-corrected chi connectivity index (χ3v) is 3.49. The highest BCUT2D eigenvalue weighted by Gasteiger charge is 2.41. The van der Waals surface area contributed by atoms with Crippen LogP contribution in [-0.2, 0) is 4.74 Å². The Morgan fingerprint density at radius 2 is 2.13 bits per heavy atom.